The predicted octanol–water partition coefficient (Wildman–Crippen LogP) is 1.60. The second kappa shape index (κ2) is 6.85. The average Bonchev–Trinajstić information content (AvgIpc) is 3.09. The quantitative estimate of drug-likeness (QED) is 0.921. The van der Waals surface area contributed by atoms with Crippen LogP contribution in [0.1, 0.15) is 36.6 Å². The molecule has 0 bridgehead atoms. The molecule has 1 aromatic heterocycles. The Labute approximate surface area is 129 Å². The maximum absolute atomic E-state index is 12.7. The van der Waals surface area contributed by atoms with Gasteiger partial charge in [-0.25, -0.2) is 4.98 Å². The first kappa shape index (κ1) is 14.9. The lowest BCUT2D eigenvalue weighted by Crippen LogP contribution is -2.51. The smallest absolute Gasteiger partial charge is 0.239 e. The van der Waals surface area contributed by atoms with Crippen LogP contribution in [0.5, 0.6) is 0 Å². The Morgan fingerprint density at radius 3 is 2.95 bits per heavy atom. The minimum absolute atomic E-state index is 0.114. The van der Waals surface area contributed by atoms with E-state index in [2.05, 4.69) is 4.98 Å². The zero-order chi connectivity index (χ0) is 14.7. The Morgan fingerprint density at radius 2 is 2.24 bits per heavy atom. The number of carbonyl (C=O) groups excluding carboxylic acids is 1. The van der Waals surface area contributed by atoms with Gasteiger partial charge in [-0.1, -0.05) is 0 Å². The Bertz CT molecular complexity index is 459. The van der Waals surface area contributed by atoms with E-state index in [1.54, 1.807) is 11.3 Å². The number of rotatable bonds is 3. The second-order valence-electron chi connectivity index (χ2n) is 5.97. The van der Waals surface area contributed by atoms with E-state index in [1.807, 2.05) is 16.5 Å². The van der Waals surface area contributed by atoms with Gasteiger partial charge in [0.2, 0.25) is 5.91 Å². The number of nitrogens with zero attached hydrogens (tertiary/aromatic N) is 2. The van der Waals surface area contributed by atoms with Crippen LogP contribution < -0.4 is 5.73 Å². The largest absolute Gasteiger partial charge is 0.381 e. The first-order valence-electron chi connectivity index (χ1n) is 7.77. The molecule has 2 fully saturated rings. The Morgan fingerprint density at radius 1 is 1.43 bits per heavy atom. The molecule has 0 saturated carbocycles. The molecule has 2 aliphatic heterocycles. The number of amides is 1. The minimum Gasteiger partial charge on any atom is -0.381 e. The number of aromatic nitrogens is 1. The van der Waals surface area contributed by atoms with Gasteiger partial charge in [0.25, 0.3) is 0 Å². The molecule has 5 nitrogen and oxygen atoms in total. The summed E-state index contributed by atoms with van der Waals surface area (Å²) in [5.41, 5.74) is 6.23. The van der Waals surface area contributed by atoms with Gasteiger partial charge in [-0.2, -0.15) is 0 Å². The molecule has 0 spiro atoms. The highest BCUT2D eigenvalue weighted by molar-refractivity contribution is 7.09. The molecule has 6 heteroatoms. The fourth-order valence-corrected chi connectivity index (χ4v) is 4.07. The number of nitrogens with two attached hydrogens (primary N) is 1. The number of ether oxygens (including phenoxy) is 1. The van der Waals surface area contributed by atoms with E-state index >= 15 is 0 Å². The van der Waals surface area contributed by atoms with Crippen molar-refractivity contribution in [2.75, 3.05) is 26.3 Å². The van der Waals surface area contributed by atoms with Crippen molar-refractivity contribution in [1.82, 2.24) is 9.88 Å². The molecule has 3 heterocycles. The summed E-state index contributed by atoms with van der Waals surface area (Å²) in [5.74, 6) is 0.763. The average molecular weight is 309 g/mol. The van der Waals surface area contributed by atoms with Crippen LogP contribution in [-0.2, 0) is 9.53 Å². The SMILES string of the molecule is NC(C(=O)N1CCCC(c2nccs2)C1)C1CCOCC1. The topological polar surface area (TPSA) is 68.5 Å². The zero-order valence-electron chi connectivity index (χ0n) is 12.2. The number of carbonyl (C=O) groups is 1. The summed E-state index contributed by atoms with van der Waals surface area (Å²) in [6.07, 6.45) is 5.79. The maximum atomic E-state index is 12.7. The van der Waals surface area contributed by atoms with E-state index in [0.29, 0.717) is 5.92 Å². The van der Waals surface area contributed by atoms with Crippen LogP contribution in [0.15, 0.2) is 11.6 Å². The van der Waals surface area contributed by atoms with Crippen molar-refractivity contribution in [1.29, 1.82) is 0 Å². The lowest BCUT2D eigenvalue weighted by atomic mass is 9.90. The fraction of sp³-hybridized carbons (Fsp3) is 0.733. The number of hydrogen-bond acceptors (Lipinski definition) is 5. The third-order valence-corrected chi connectivity index (χ3v) is 5.53. The molecule has 21 heavy (non-hydrogen) atoms. The number of thiazole rings is 1. The zero-order valence-corrected chi connectivity index (χ0v) is 13.1. The van der Waals surface area contributed by atoms with Crippen molar-refractivity contribution in [2.45, 2.75) is 37.6 Å². The summed E-state index contributed by atoms with van der Waals surface area (Å²) in [4.78, 5) is 19.0. The van der Waals surface area contributed by atoms with Gasteiger partial charge >= 0.3 is 0 Å². The monoisotopic (exact) mass is 309 g/mol. The van der Waals surface area contributed by atoms with Crippen LogP contribution in [0.4, 0.5) is 0 Å². The van der Waals surface area contributed by atoms with Crippen molar-refractivity contribution in [3.63, 3.8) is 0 Å². The predicted molar refractivity (Wildman–Crippen MR) is 82.2 cm³/mol. The summed E-state index contributed by atoms with van der Waals surface area (Å²) in [7, 11) is 0. The van der Waals surface area contributed by atoms with Crippen LogP contribution in [0, 0.1) is 5.92 Å². The fourth-order valence-electron chi connectivity index (χ4n) is 3.30. The summed E-state index contributed by atoms with van der Waals surface area (Å²) < 4.78 is 5.35. The second-order valence-corrected chi connectivity index (χ2v) is 6.90. The standard InChI is InChI=1S/C15H23N3O2S/c16-13(11-3-7-20-8-4-11)15(19)18-6-1-2-12(10-18)14-17-5-9-21-14/h5,9,11-13H,1-4,6-8,10,16H2. The highest BCUT2D eigenvalue weighted by atomic mass is 32.1. The molecule has 2 unspecified atom stereocenters. The van der Waals surface area contributed by atoms with Crippen LogP contribution in [0.3, 0.4) is 0 Å². The third-order valence-electron chi connectivity index (χ3n) is 4.59. The van der Waals surface area contributed by atoms with Gasteiger partial charge in [-0.15, -0.1) is 11.3 Å². The van der Waals surface area contributed by atoms with E-state index in [1.165, 1.54) is 0 Å². The van der Waals surface area contributed by atoms with Crippen molar-refractivity contribution >= 4 is 17.2 Å². The number of hydrogen-bond donors (Lipinski definition) is 1. The van der Waals surface area contributed by atoms with Crippen LogP contribution in [0.25, 0.3) is 0 Å². The molecule has 2 saturated heterocycles. The first-order valence-corrected chi connectivity index (χ1v) is 8.65. The van der Waals surface area contributed by atoms with E-state index in [0.717, 1.165) is 57.0 Å². The lowest BCUT2D eigenvalue weighted by Gasteiger charge is -2.36. The van der Waals surface area contributed by atoms with Gasteiger partial charge in [-0.3, -0.25) is 4.79 Å². The van der Waals surface area contributed by atoms with E-state index in [4.69, 9.17) is 10.5 Å². The van der Waals surface area contributed by atoms with E-state index in [9.17, 15) is 4.79 Å². The molecule has 116 valence electrons. The van der Waals surface area contributed by atoms with Gasteiger partial charge in [0.05, 0.1) is 11.0 Å². The van der Waals surface area contributed by atoms with Crippen LogP contribution in [0.2, 0.25) is 0 Å². The van der Waals surface area contributed by atoms with Crippen molar-refractivity contribution in [3.8, 4) is 0 Å². The number of likely N-dealkylation sites (tertiary alicyclic amines) is 1. The minimum atomic E-state index is -0.371. The van der Waals surface area contributed by atoms with Crippen molar-refractivity contribution < 1.29 is 9.53 Å². The summed E-state index contributed by atoms with van der Waals surface area (Å²) in [6, 6.07) is -0.371. The molecule has 2 atom stereocenters. The maximum Gasteiger partial charge on any atom is 0.239 e. The van der Waals surface area contributed by atoms with Gasteiger partial charge in [0, 0.05) is 43.8 Å². The molecule has 0 radical (unpaired) electrons. The molecule has 1 aromatic rings. The molecule has 3 rings (SSSR count). The molecule has 2 N–H and O–H groups in total. The van der Waals surface area contributed by atoms with Gasteiger partial charge < -0.3 is 15.4 Å². The normalized spacial score (nSPS) is 25.8. The lowest BCUT2D eigenvalue weighted by molar-refractivity contribution is -0.136. The van der Waals surface area contributed by atoms with Gasteiger partial charge in [0.15, 0.2) is 0 Å². The Hall–Kier alpha value is -0.980. The highest BCUT2D eigenvalue weighted by Crippen LogP contribution is 2.29. The molecular formula is C15H23N3O2S. The highest BCUT2D eigenvalue weighted by Gasteiger charge is 2.33. The summed E-state index contributed by atoms with van der Waals surface area (Å²) in [6.45, 7) is 3.06. The van der Waals surface area contributed by atoms with Gasteiger partial charge in [-0.05, 0) is 31.6 Å². The molecule has 0 aliphatic carbocycles. The van der Waals surface area contributed by atoms with E-state index < -0.39 is 0 Å². The Balaban J connectivity index is 1.61. The van der Waals surface area contributed by atoms with E-state index in [-0.39, 0.29) is 17.9 Å². The molecular weight excluding hydrogens is 286 g/mol. The van der Waals surface area contributed by atoms with Crippen LogP contribution >= 0.6 is 11.3 Å². The first-order chi connectivity index (χ1) is 10.3. The summed E-state index contributed by atoms with van der Waals surface area (Å²) in [5, 5.41) is 3.15. The van der Waals surface area contributed by atoms with Crippen molar-refractivity contribution in [3.05, 3.63) is 16.6 Å². The van der Waals surface area contributed by atoms with Crippen molar-refractivity contribution in [2.24, 2.45) is 11.7 Å². The molecule has 2 aliphatic rings. The van der Waals surface area contributed by atoms with Crippen LogP contribution in [-0.4, -0.2) is 48.1 Å². The summed E-state index contributed by atoms with van der Waals surface area (Å²) >= 11 is 1.68. The molecule has 1 amide bonds. The molecule has 0 aromatic carbocycles. The number of piperidine rings is 1. The third kappa shape index (κ3) is 3.44. The van der Waals surface area contributed by atoms with Gasteiger partial charge in [0.1, 0.15) is 0 Å². The Kier molecular flexibility index (Phi) is 4.87.